The lowest BCUT2D eigenvalue weighted by Gasteiger charge is -2.43. The summed E-state index contributed by atoms with van der Waals surface area (Å²) in [5.41, 5.74) is 1.50. The minimum Gasteiger partial charge on any atom is -0.497 e. The Hall–Kier alpha value is -2.92. The molecule has 0 bridgehead atoms. The van der Waals surface area contributed by atoms with Crippen molar-refractivity contribution < 1.29 is 19.4 Å². The molecule has 152 valence electrons. The summed E-state index contributed by atoms with van der Waals surface area (Å²) >= 11 is 0. The molecule has 0 aliphatic heterocycles. The number of aliphatic hydroxyl groups is 1. The summed E-state index contributed by atoms with van der Waals surface area (Å²) in [5.74, 6) is -0.854. The molecule has 0 unspecified atom stereocenters. The number of carbonyl (C=O) groups is 2. The summed E-state index contributed by atoms with van der Waals surface area (Å²) in [6.45, 7) is 4.65. The van der Waals surface area contributed by atoms with Crippen molar-refractivity contribution in [2.45, 2.75) is 38.7 Å². The molecule has 29 heavy (non-hydrogen) atoms. The molecule has 1 aliphatic carbocycles. The zero-order valence-corrected chi connectivity index (χ0v) is 17.2. The first-order valence-corrected chi connectivity index (χ1v) is 9.67. The number of para-hydroxylation sites is 1. The number of rotatable bonds is 6. The third-order valence-corrected chi connectivity index (χ3v) is 5.54. The largest absolute Gasteiger partial charge is 0.497 e. The summed E-state index contributed by atoms with van der Waals surface area (Å²) in [4.78, 5) is 25.4. The van der Waals surface area contributed by atoms with Crippen LogP contribution in [0.2, 0.25) is 0 Å². The number of allylic oxidation sites excluding steroid dienone is 1. The number of ketones is 2. The SMILES string of the molecule is COc1ccc([C@@H]2C(C(C)=O)=C(Nc3ccccc3)C[C@](C)(O)[C@H]2C(C)=O)cc1. The molecule has 2 aromatic rings. The number of anilines is 1. The Bertz CT molecular complexity index is 929. The van der Waals surface area contributed by atoms with Crippen molar-refractivity contribution >= 4 is 17.3 Å². The van der Waals surface area contributed by atoms with Gasteiger partial charge < -0.3 is 15.2 Å². The topological polar surface area (TPSA) is 75.6 Å². The number of Topliss-reactive ketones (excluding diaryl/α,β-unsaturated/α-hetero) is 2. The number of benzene rings is 2. The van der Waals surface area contributed by atoms with Gasteiger partial charge in [-0.25, -0.2) is 0 Å². The predicted molar refractivity (Wildman–Crippen MR) is 113 cm³/mol. The molecule has 0 aromatic heterocycles. The summed E-state index contributed by atoms with van der Waals surface area (Å²) in [7, 11) is 1.58. The Morgan fingerprint density at radius 3 is 2.21 bits per heavy atom. The van der Waals surface area contributed by atoms with Crippen LogP contribution in [-0.4, -0.2) is 29.4 Å². The van der Waals surface area contributed by atoms with Crippen molar-refractivity contribution in [1.29, 1.82) is 0 Å². The summed E-state index contributed by atoms with van der Waals surface area (Å²) in [5, 5.41) is 14.6. The van der Waals surface area contributed by atoms with E-state index in [1.54, 1.807) is 26.2 Å². The van der Waals surface area contributed by atoms with Crippen LogP contribution >= 0.6 is 0 Å². The van der Waals surface area contributed by atoms with Crippen molar-refractivity contribution in [2.24, 2.45) is 5.92 Å². The number of ether oxygens (including phenoxy) is 1. The maximum Gasteiger partial charge on any atom is 0.158 e. The van der Waals surface area contributed by atoms with E-state index in [2.05, 4.69) is 5.32 Å². The zero-order valence-electron chi connectivity index (χ0n) is 17.2. The first-order chi connectivity index (χ1) is 13.7. The molecular formula is C24H27NO4. The maximum atomic E-state index is 12.8. The van der Waals surface area contributed by atoms with Crippen LogP contribution in [0.3, 0.4) is 0 Å². The number of methoxy groups -OCH3 is 1. The minimum atomic E-state index is -1.30. The summed E-state index contributed by atoms with van der Waals surface area (Å²) < 4.78 is 5.24. The number of carbonyl (C=O) groups excluding carboxylic acids is 2. The lowest BCUT2D eigenvalue weighted by molar-refractivity contribution is -0.131. The monoisotopic (exact) mass is 393 g/mol. The van der Waals surface area contributed by atoms with Gasteiger partial charge in [0.2, 0.25) is 0 Å². The fourth-order valence-corrected chi connectivity index (χ4v) is 4.36. The Labute approximate surface area is 171 Å². The molecule has 2 N–H and O–H groups in total. The van der Waals surface area contributed by atoms with Crippen molar-refractivity contribution in [2.75, 3.05) is 12.4 Å². The fourth-order valence-electron chi connectivity index (χ4n) is 4.36. The van der Waals surface area contributed by atoms with Crippen LogP contribution in [0.25, 0.3) is 0 Å². The van der Waals surface area contributed by atoms with Crippen LogP contribution in [0, 0.1) is 5.92 Å². The molecule has 1 aliphatic rings. The van der Waals surface area contributed by atoms with Crippen LogP contribution in [0.1, 0.15) is 38.7 Å². The Morgan fingerprint density at radius 2 is 1.69 bits per heavy atom. The van der Waals surface area contributed by atoms with E-state index in [0.29, 0.717) is 17.0 Å². The standard InChI is InChI=1S/C24H27NO4/c1-15(26)21-20(25-18-8-6-5-7-9-18)14-24(3,28)23(16(2)27)22(21)17-10-12-19(29-4)13-11-17/h5-13,22-23,25,28H,14H2,1-4H3/t22-,23+,24+/m1/s1. The van der Waals surface area contributed by atoms with Crippen molar-refractivity contribution in [3.8, 4) is 5.75 Å². The highest BCUT2D eigenvalue weighted by molar-refractivity contribution is 5.98. The molecule has 2 aromatic carbocycles. The van der Waals surface area contributed by atoms with Gasteiger partial charge in [-0.2, -0.15) is 0 Å². The van der Waals surface area contributed by atoms with Crippen LogP contribution in [0.4, 0.5) is 5.69 Å². The Morgan fingerprint density at radius 1 is 1.07 bits per heavy atom. The third-order valence-electron chi connectivity index (χ3n) is 5.54. The van der Waals surface area contributed by atoms with Crippen molar-refractivity contribution in [3.05, 3.63) is 71.4 Å². The van der Waals surface area contributed by atoms with E-state index in [-0.39, 0.29) is 18.0 Å². The summed E-state index contributed by atoms with van der Waals surface area (Å²) in [6.07, 6.45) is 0.188. The van der Waals surface area contributed by atoms with Gasteiger partial charge in [0.15, 0.2) is 5.78 Å². The van der Waals surface area contributed by atoms with Gasteiger partial charge in [-0.1, -0.05) is 30.3 Å². The first kappa shape index (κ1) is 20.8. The molecule has 5 nitrogen and oxygen atoms in total. The molecule has 0 spiro atoms. The zero-order chi connectivity index (χ0) is 21.2. The van der Waals surface area contributed by atoms with E-state index in [4.69, 9.17) is 4.74 Å². The lowest BCUT2D eigenvalue weighted by Crippen LogP contribution is -2.48. The van der Waals surface area contributed by atoms with E-state index in [0.717, 1.165) is 11.3 Å². The van der Waals surface area contributed by atoms with Gasteiger partial charge in [-0.3, -0.25) is 9.59 Å². The van der Waals surface area contributed by atoms with Crippen molar-refractivity contribution in [1.82, 2.24) is 0 Å². The van der Waals surface area contributed by atoms with Crippen molar-refractivity contribution in [3.63, 3.8) is 0 Å². The molecule has 3 atom stereocenters. The van der Waals surface area contributed by atoms with Crippen LogP contribution in [0.15, 0.2) is 65.9 Å². The van der Waals surface area contributed by atoms with Crippen LogP contribution < -0.4 is 10.1 Å². The highest BCUT2D eigenvalue weighted by Gasteiger charge is 2.49. The van der Waals surface area contributed by atoms with Gasteiger partial charge >= 0.3 is 0 Å². The smallest absolute Gasteiger partial charge is 0.158 e. The second kappa shape index (κ2) is 8.21. The van der Waals surface area contributed by atoms with E-state index in [9.17, 15) is 14.7 Å². The molecule has 0 saturated carbocycles. The number of hydrogen-bond donors (Lipinski definition) is 2. The molecule has 5 heteroatoms. The second-order valence-corrected chi connectivity index (χ2v) is 7.81. The van der Waals surface area contributed by atoms with E-state index in [1.165, 1.54) is 13.8 Å². The van der Waals surface area contributed by atoms with Crippen LogP contribution in [0.5, 0.6) is 5.75 Å². The average Bonchev–Trinajstić information content (AvgIpc) is 2.67. The van der Waals surface area contributed by atoms with Gasteiger partial charge in [-0.05, 0) is 50.6 Å². The van der Waals surface area contributed by atoms with Gasteiger partial charge in [0.05, 0.1) is 18.6 Å². The fraction of sp³-hybridized carbons (Fsp3) is 0.333. The highest BCUT2D eigenvalue weighted by atomic mass is 16.5. The highest BCUT2D eigenvalue weighted by Crippen LogP contribution is 2.47. The van der Waals surface area contributed by atoms with Gasteiger partial charge in [0, 0.05) is 29.3 Å². The quantitative estimate of drug-likeness (QED) is 0.773. The molecular weight excluding hydrogens is 366 g/mol. The normalized spacial score (nSPS) is 24.2. The summed E-state index contributed by atoms with van der Waals surface area (Å²) in [6, 6.07) is 16.8. The minimum absolute atomic E-state index is 0.119. The molecule has 0 amide bonds. The molecule has 0 heterocycles. The lowest BCUT2D eigenvalue weighted by atomic mass is 9.64. The van der Waals surface area contributed by atoms with E-state index >= 15 is 0 Å². The average molecular weight is 393 g/mol. The molecule has 0 radical (unpaired) electrons. The molecule has 0 saturated heterocycles. The second-order valence-electron chi connectivity index (χ2n) is 7.81. The number of hydrogen-bond acceptors (Lipinski definition) is 5. The Balaban J connectivity index is 2.19. The van der Waals surface area contributed by atoms with Gasteiger partial charge in [-0.15, -0.1) is 0 Å². The molecule has 0 fully saturated rings. The maximum absolute atomic E-state index is 12.8. The Kier molecular flexibility index (Phi) is 5.89. The van der Waals surface area contributed by atoms with Gasteiger partial charge in [0.1, 0.15) is 11.5 Å². The third kappa shape index (κ3) is 4.25. The van der Waals surface area contributed by atoms with E-state index < -0.39 is 17.4 Å². The van der Waals surface area contributed by atoms with E-state index in [1.807, 2.05) is 42.5 Å². The van der Waals surface area contributed by atoms with Crippen LogP contribution in [-0.2, 0) is 9.59 Å². The number of nitrogens with one attached hydrogen (secondary N) is 1. The van der Waals surface area contributed by atoms with Gasteiger partial charge in [0.25, 0.3) is 0 Å². The molecule has 3 rings (SSSR count). The first-order valence-electron chi connectivity index (χ1n) is 9.67. The predicted octanol–water partition coefficient (Wildman–Crippen LogP) is 4.09.